The summed E-state index contributed by atoms with van der Waals surface area (Å²) in [7, 11) is 0. The van der Waals surface area contributed by atoms with Crippen molar-refractivity contribution >= 4 is 17.6 Å². The Hall–Kier alpha value is -3.77. The smallest absolute Gasteiger partial charge is 0.246 e. The van der Waals surface area contributed by atoms with E-state index in [4.69, 9.17) is 10.5 Å². The summed E-state index contributed by atoms with van der Waals surface area (Å²) in [6, 6.07) is 24.5. The molecule has 0 saturated carbocycles. The van der Waals surface area contributed by atoms with Crippen LogP contribution in [-0.2, 0) is 27.4 Å². The van der Waals surface area contributed by atoms with Crippen molar-refractivity contribution in [3.63, 3.8) is 0 Å². The van der Waals surface area contributed by atoms with E-state index in [1.807, 2.05) is 48.5 Å². The highest BCUT2D eigenvalue weighted by Crippen LogP contribution is 2.12. The van der Waals surface area contributed by atoms with Gasteiger partial charge in [-0.2, -0.15) is 0 Å². The van der Waals surface area contributed by atoms with E-state index in [1.165, 1.54) is 0 Å². The van der Waals surface area contributed by atoms with Crippen molar-refractivity contribution in [1.29, 1.82) is 0 Å². The maximum absolute atomic E-state index is 12.5. The third-order valence-electron chi connectivity index (χ3n) is 4.72. The van der Waals surface area contributed by atoms with Gasteiger partial charge in [0.05, 0.1) is 6.61 Å². The highest BCUT2D eigenvalue weighted by atomic mass is 16.5. The Morgan fingerprint density at radius 2 is 1.35 bits per heavy atom. The minimum absolute atomic E-state index is 0.0810. The Morgan fingerprint density at radius 3 is 1.97 bits per heavy atom. The largest absolute Gasteiger partial charge is 0.368 e. The number of nitrogens with one attached hydrogen (secondary N) is 1. The third kappa shape index (κ3) is 6.62. The van der Waals surface area contributed by atoms with Crippen LogP contribution in [0.1, 0.15) is 27.0 Å². The Bertz CT molecular complexity index is 1020. The number of primary amides is 1. The maximum Gasteiger partial charge on any atom is 0.246 e. The second kappa shape index (κ2) is 10.8. The van der Waals surface area contributed by atoms with E-state index in [0.29, 0.717) is 17.7 Å². The first kappa shape index (κ1) is 21.9. The molecule has 0 heterocycles. The normalized spacial score (nSPS) is 11.5. The van der Waals surface area contributed by atoms with Crippen LogP contribution < -0.4 is 11.1 Å². The molecule has 0 spiro atoms. The van der Waals surface area contributed by atoms with Gasteiger partial charge in [-0.15, -0.1) is 0 Å². The molecule has 0 aliphatic heterocycles. The zero-order valence-corrected chi connectivity index (χ0v) is 17.0. The fraction of sp³-hybridized carbons (Fsp3) is 0.160. The molecular weight excluding hydrogens is 392 g/mol. The van der Waals surface area contributed by atoms with Crippen LogP contribution in [-0.4, -0.2) is 30.2 Å². The first-order chi connectivity index (χ1) is 15.0. The number of ether oxygens (including phenoxy) is 1. The predicted molar refractivity (Wildman–Crippen MR) is 117 cm³/mol. The molecule has 3 N–H and O–H groups in total. The van der Waals surface area contributed by atoms with Crippen LogP contribution in [0.4, 0.5) is 0 Å². The van der Waals surface area contributed by atoms with Gasteiger partial charge in [0.2, 0.25) is 11.8 Å². The van der Waals surface area contributed by atoms with Crippen molar-refractivity contribution in [2.45, 2.75) is 19.1 Å². The van der Waals surface area contributed by atoms with Gasteiger partial charge < -0.3 is 15.8 Å². The lowest BCUT2D eigenvalue weighted by Gasteiger charge is -2.16. The summed E-state index contributed by atoms with van der Waals surface area (Å²) >= 11 is 0. The lowest BCUT2D eigenvalue weighted by molar-refractivity contribution is -0.130. The molecule has 158 valence electrons. The molecule has 1 atom stereocenters. The van der Waals surface area contributed by atoms with Crippen molar-refractivity contribution in [3.05, 3.63) is 107 Å². The number of hydrogen-bond acceptors (Lipinski definition) is 4. The first-order valence-electron chi connectivity index (χ1n) is 9.92. The average molecular weight is 416 g/mol. The summed E-state index contributed by atoms with van der Waals surface area (Å²) < 4.78 is 5.39. The van der Waals surface area contributed by atoms with Gasteiger partial charge in [0.25, 0.3) is 0 Å². The van der Waals surface area contributed by atoms with Crippen molar-refractivity contribution in [3.8, 4) is 0 Å². The van der Waals surface area contributed by atoms with Crippen LogP contribution in [0.15, 0.2) is 84.9 Å². The van der Waals surface area contributed by atoms with Gasteiger partial charge >= 0.3 is 0 Å². The molecule has 0 fully saturated rings. The Balaban J connectivity index is 1.54. The SMILES string of the molecule is NC(=O)[C@@H](Cc1ccc(C(=O)c2ccccc2)cc1)NC(=O)COCc1ccccc1. The zero-order chi connectivity index (χ0) is 22.1. The molecule has 0 bridgehead atoms. The second-order valence-corrected chi connectivity index (χ2v) is 7.10. The molecular formula is C25H24N2O4. The van der Waals surface area contributed by atoms with E-state index in [-0.39, 0.29) is 18.8 Å². The zero-order valence-electron chi connectivity index (χ0n) is 17.0. The van der Waals surface area contributed by atoms with Crippen molar-refractivity contribution in [2.24, 2.45) is 5.73 Å². The molecule has 0 aliphatic carbocycles. The van der Waals surface area contributed by atoms with Gasteiger partial charge in [-0.25, -0.2) is 0 Å². The number of hydrogen-bond donors (Lipinski definition) is 2. The van der Waals surface area contributed by atoms with E-state index in [9.17, 15) is 14.4 Å². The van der Waals surface area contributed by atoms with Gasteiger partial charge in [-0.3, -0.25) is 14.4 Å². The Kier molecular flexibility index (Phi) is 7.67. The summed E-state index contributed by atoms with van der Waals surface area (Å²) in [5, 5.41) is 2.61. The molecule has 6 heteroatoms. The number of carbonyl (C=O) groups excluding carboxylic acids is 3. The minimum Gasteiger partial charge on any atom is -0.368 e. The monoisotopic (exact) mass is 416 g/mol. The summed E-state index contributed by atoms with van der Waals surface area (Å²) in [6.45, 7) is 0.121. The summed E-state index contributed by atoms with van der Waals surface area (Å²) in [5.41, 5.74) is 8.34. The number of carbonyl (C=O) groups is 3. The summed E-state index contributed by atoms with van der Waals surface area (Å²) in [4.78, 5) is 36.4. The second-order valence-electron chi connectivity index (χ2n) is 7.10. The maximum atomic E-state index is 12.5. The van der Waals surface area contributed by atoms with E-state index in [1.54, 1.807) is 36.4 Å². The minimum atomic E-state index is -0.872. The highest BCUT2D eigenvalue weighted by molar-refractivity contribution is 6.08. The molecule has 2 amide bonds. The van der Waals surface area contributed by atoms with Crippen molar-refractivity contribution < 1.29 is 19.1 Å². The van der Waals surface area contributed by atoms with Crippen molar-refractivity contribution in [1.82, 2.24) is 5.32 Å². The Labute approximate surface area is 181 Å². The van der Waals surface area contributed by atoms with E-state index < -0.39 is 17.9 Å². The van der Waals surface area contributed by atoms with Crippen LogP contribution in [0.5, 0.6) is 0 Å². The summed E-state index contributed by atoms with van der Waals surface area (Å²) in [5.74, 6) is -1.14. The number of rotatable bonds is 10. The lowest BCUT2D eigenvalue weighted by atomic mass is 9.99. The number of ketones is 1. The third-order valence-corrected chi connectivity index (χ3v) is 4.72. The van der Waals surface area contributed by atoms with E-state index in [0.717, 1.165) is 11.1 Å². The molecule has 0 aromatic heterocycles. The molecule has 3 aromatic carbocycles. The lowest BCUT2D eigenvalue weighted by Crippen LogP contribution is -2.47. The van der Waals surface area contributed by atoms with Crippen LogP contribution >= 0.6 is 0 Å². The standard InChI is InChI=1S/C25H24N2O4/c26-25(30)22(27-23(28)17-31-16-19-7-3-1-4-8-19)15-18-11-13-21(14-12-18)24(29)20-9-5-2-6-10-20/h1-14,22H,15-17H2,(H2,26,30)(H,27,28)/t22-/m1/s1. The molecule has 0 radical (unpaired) electrons. The predicted octanol–water partition coefficient (Wildman–Crippen LogP) is 2.65. The van der Waals surface area contributed by atoms with Crippen LogP contribution in [0, 0.1) is 0 Å². The average Bonchev–Trinajstić information content (AvgIpc) is 2.80. The van der Waals surface area contributed by atoms with Gasteiger partial charge in [0.15, 0.2) is 5.78 Å². The molecule has 31 heavy (non-hydrogen) atoms. The molecule has 0 saturated heterocycles. The first-order valence-corrected chi connectivity index (χ1v) is 9.92. The molecule has 6 nitrogen and oxygen atoms in total. The molecule has 3 aromatic rings. The van der Waals surface area contributed by atoms with Crippen LogP contribution in [0.25, 0.3) is 0 Å². The topological polar surface area (TPSA) is 98.5 Å². The molecule has 0 aliphatic rings. The molecule has 3 rings (SSSR count). The van der Waals surface area contributed by atoms with Crippen LogP contribution in [0.3, 0.4) is 0 Å². The van der Waals surface area contributed by atoms with Gasteiger partial charge in [-0.1, -0.05) is 84.9 Å². The number of nitrogens with two attached hydrogens (primary N) is 1. The van der Waals surface area contributed by atoms with Gasteiger partial charge in [0.1, 0.15) is 12.6 Å². The highest BCUT2D eigenvalue weighted by Gasteiger charge is 2.19. The summed E-state index contributed by atoms with van der Waals surface area (Å²) in [6.07, 6.45) is 0.222. The van der Waals surface area contributed by atoms with E-state index in [2.05, 4.69) is 5.32 Å². The van der Waals surface area contributed by atoms with Gasteiger partial charge in [0, 0.05) is 17.5 Å². The molecule has 0 unspecified atom stereocenters. The van der Waals surface area contributed by atoms with E-state index >= 15 is 0 Å². The van der Waals surface area contributed by atoms with Crippen LogP contribution in [0.2, 0.25) is 0 Å². The van der Waals surface area contributed by atoms with Gasteiger partial charge in [-0.05, 0) is 11.1 Å². The number of amides is 2. The Morgan fingerprint density at radius 1 is 0.774 bits per heavy atom. The fourth-order valence-electron chi connectivity index (χ4n) is 3.08. The quantitative estimate of drug-likeness (QED) is 0.497. The number of benzene rings is 3. The van der Waals surface area contributed by atoms with Crippen molar-refractivity contribution in [2.75, 3.05) is 6.61 Å². The fourth-order valence-corrected chi connectivity index (χ4v) is 3.08.